The van der Waals surface area contributed by atoms with Gasteiger partial charge in [0.25, 0.3) is 0 Å². The topological polar surface area (TPSA) is 40.5 Å². The maximum Gasteiger partial charge on any atom is 0.140 e. The molecular formula is C15H20NO2+. The molecule has 1 fully saturated rings. The number of aliphatic hydroxyl groups excluding tert-OH is 2. The summed E-state index contributed by atoms with van der Waals surface area (Å²) in [6, 6.07) is 10.5. The standard InChI is InChI=1S/C15H20NO2/c17-11-13-6-8-16(9-7-14(18)15(13)16)10-12-4-2-1-3-5-12/h1-6,14-15,17-18H,7-11H2/q+1/t14-,15+,16?/m0/s1. The maximum absolute atomic E-state index is 10.2. The number of fused-ring (bicyclic) bond motifs is 1. The molecule has 3 rings (SSSR count). The highest BCUT2D eigenvalue weighted by molar-refractivity contribution is 5.20. The molecule has 96 valence electrons. The highest BCUT2D eigenvalue weighted by Gasteiger charge is 2.51. The van der Waals surface area contributed by atoms with Gasteiger partial charge in [0.15, 0.2) is 0 Å². The summed E-state index contributed by atoms with van der Waals surface area (Å²) in [4.78, 5) is 0. The summed E-state index contributed by atoms with van der Waals surface area (Å²) in [5, 5.41) is 19.6. The van der Waals surface area contributed by atoms with Crippen LogP contribution < -0.4 is 0 Å². The molecule has 3 nitrogen and oxygen atoms in total. The van der Waals surface area contributed by atoms with Crippen LogP contribution in [0.15, 0.2) is 42.0 Å². The molecule has 0 amide bonds. The van der Waals surface area contributed by atoms with Crippen LogP contribution in [0, 0.1) is 0 Å². The maximum atomic E-state index is 10.2. The van der Waals surface area contributed by atoms with Crippen molar-refractivity contribution in [2.45, 2.75) is 25.1 Å². The number of nitrogens with zero attached hydrogens (tertiary/aromatic N) is 1. The zero-order valence-electron chi connectivity index (χ0n) is 10.5. The second-order valence-corrected chi connectivity index (χ2v) is 5.51. The van der Waals surface area contributed by atoms with Gasteiger partial charge in [-0.05, 0) is 6.08 Å². The molecule has 1 aromatic carbocycles. The van der Waals surface area contributed by atoms with E-state index in [0.717, 1.165) is 36.1 Å². The fourth-order valence-electron chi connectivity index (χ4n) is 3.62. The first-order valence-electron chi connectivity index (χ1n) is 6.63. The third-order valence-corrected chi connectivity index (χ3v) is 4.44. The molecule has 2 aliphatic heterocycles. The van der Waals surface area contributed by atoms with Crippen molar-refractivity contribution in [2.24, 2.45) is 0 Å². The van der Waals surface area contributed by atoms with Gasteiger partial charge in [-0.15, -0.1) is 0 Å². The van der Waals surface area contributed by atoms with E-state index >= 15 is 0 Å². The molecule has 0 spiro atoms. The summed E-state index contributed by atoms with van der Waals surface area (Å²) in [5.74, 6) is 0. The van der Waals surface area contributed by atoms with Crippen LogP contribution in [-0.4, -0.2) is 46.5 Å². The van der Waals surface area contributed by atoms with Gasteiger partial charge in [-0.2, -0.15) is 0 Å². The van der Waals surface area contributed by atoms with Crippen molar-refractivity contribution in [1.82, 2.24) is 0 Å². The van der Waals surface area contributed by atoms with Crippen molar-refractivity contribution in [3.05, 3.63) is 47.5 Å². The third kappa shape index (κ3) is 1.79. The third-order valence-electron chi connectivity index (χ3n) is 4.44. The molecule has 1 unspecified atom stereocenters. The van der Waals surface area contributed by atoms with Crippen molar-refractivity contribution in [2.75, 3.05) is 19.7 Å². The molecule has 1 saturated heterocycles. The smallest absolute Gasteiger partial charge is 0.140 e. The molecule has 0 aromatic heterocycles. The summed E-state index contributed by atoms with van der Waals surface area (Å²) >= 11 is 0. The van der Waals surface area contributed by atoms with E-state index in [0.29, 0.717) is 0 Å². The van der Waals surface area contributed by atoms with Crippen molar-refractivity contribution in [3.8, 4) is 0 Å². The molecule has 18 heavy (non-hydrogen) atoms. The van der Waals surface area contributed by atoms with E-state index in [4.69, 9.17) is 0 Å². The predicted molar refractivity (Wildman–Crippen MR) is 69.7 cm³/mol. The number of hydrogen-bond acceptors (Lipinski definition) is 2. The molecule has 2 heterocycles. The summed E-state index contributed by atoms with van der Waals surface area (Å²) in [5.41, 5.74) is 2.33. The Morgan fingerprint density at radius 1 is 1.22 bits per heavy atom. The van der Waals surface area contributed by atoms with Crippen LogP contribution in [-0.2, 0) is 6.54 Å². The van der Waals surface area contributed by atoms with E-state index in [1.54, 1.807) is 0 Å². The minimum absolute atomic E-state index is 0.0799. The van der Waals surface area contributed by atoms with Gasteiger partial charge in [0.1, 0.15) is 18.7 Å². The number of rotatable bonds is 3. The van der Waals surface area contributed by atoms with Crippen LogP contribution in [0.4, 0.5) is 0 Å². The van der Waals surface area contributed by atoms with Crippen LogP contribution in [0.3, 0.4) is 0 Å². The number of hydrogen-bond donors (Lipinski definition) is 2. The molecule has 3 atom stereocenters. The lowest BCUT2D eigenvalue weighted by atomic mass is 10.0. The van der Waals surface area contributed by atoms with E-state index in [-0.39, 0.29) is 18.8 Å². The summed E-state index contributed by atoms with van der Waals surface area (Å²) in [6.07, 6.45) is 2.67. The first kappa shape index (κ1) is 11.9. The predicted octanol–water partition coefficient (Wildman–Crippen LogP) is 1.07. The van der Waals surface area contributed by atoms with Gasteiger partial charge in [-0.25, -0.2) is 0 Å². The fraction of sp³-hybridized carbons (Fsp3) is 0.467. The summed E-state index contributed by atoms with van der Waals surface area (Å²) < 4.78 is 0.890. The molecular weight excluding hydrogens is 226 g/mol. The van der Waals surface area contributed by atoms with Crippen LogP contribution in [0.1, 0.15) is 12.0 Å². The van der Waals surface area contributed by atoms with Gasteiger partial charge in [0.2, 0.25) is 0 Å². The Kier molecular flexibility index (Phi) is 2.98. The largest absolute Gasteiger partial charge is 0.392 e. The minimum Gasteiger partial charge on any atom is -0.392 e. The first-order chi connectivity index (χ1) is 8.75. The molecule has 1 aromatic rings. The quantitative estimate of drug-likeness (QED) is 0.618. The molecule has 3 heteroatoms. The molecule has 0 radical (unpaired) electrons. The lowest BCUT2D eigenvalue weighted by Gasteiger charge is -2.36. The average Bonchev–Trinajstić information content (AvgIpc) is 2.90. The Labute approximate surface area is 108 Å². The Morgan fingerprint density at radius 2 is 2.00 bits per heavy atom. The Hall–Kier alpha value is -1.16. The van der Waals surface area contributed by atoms with Gasteiger partial charge in [-0.3, -0.25) is 0 Å². The zero-order valence-corrected chi connectivity index (χ0v) is 10.5. The van der Waals surface area contributed by atoms with E-state index < -0.39 is 0 Å². The highest BCUT2D eigenvalue weighted by atomic mass is 16.3. The van der Waals surface area contributed by atoms with E-state index in [1.807, 2.05) is 6.07 Å². The van der Waals surface area contributed by atoms with Crippen molar-refractivity contribution >= 4 is 0 Å². The van der Waals surface area contributed by atoms with Gasteiger partial charge < -0.3 is 14.7 Å². The first-order valence-corrected chi connectivity index (χ1v) is 6.63. The van der Waals surface area contributed by atoms with Crippen LogP contribution >= 0.6 is 0 Å². The zero-order chi connectivity index (χ0) is 12.6. The Morgan fingerprint density at radius 3 is 2.72 bits per heavy atom. The van der Waals surface area contributed by atoms with Crippen molar-refractivity contribution < 1.29 is 14.7 Å². The Bertz CT molecular complexity index is 457. The lowest BCUT2D eigenvalue weighted by Crippen LogP contribution is -2.51. The van der Waals surface area contributed by atoms with Gasteiger partial charge in [0, 0.05) is 17.6 Å². The molecule has 0 bridgehead atoms. The van der Waals surface area contributed by atoms with Gasteiger partial charge in [-0.1, -0.05) is 30.3 Å². The molecule has 0 saturated carbocycles. The molecule has 2 N–H and O–H groups in total. The molecule has 2 aliphatic rings. The average molecular weight is 246 g/mol. The second kappa shape index (κ2) is 4.50. The van der Waals surface area contributed by atoms with Crippen molar-refractivity contribution in [1.29, 1.82) is 0 Å². The van der Waals surface area contributed by atoms with Crippen molar-refractivity contribution in [3.63, 3.8) is 0 Å². The van der Waals surface area contributed by atoms with Gasteiger partial charge in [0.05, 0.1) is 19.7 Å². The second-order valence-electron chi connectivity index (χ2n) is 5.51. The Balaban J connectivity index is 1.87. The van der Waals surface area contributed by atoms with E-state index in [1.165, 1.54) is 5.56 Å². The summed E-state index contributed by atoms with van der Waals surface area (Å²) in [6.45, 7) is 2.96. The monoisotopic (exact) mass is 246 g/mol. The highest BCUT2D eigenvalue weighted by Crippen LogP contribution is 2.38. The number of benzene rings is 1. The van der Waals surface area contributed by atoms with E-state index in [9.17, 15) is 10.2 Å². The van der Waals surface area contributed by atoms with Crippen LogP contribution in [0.5, 0.6) is 0 Å². The molecule has 0 aliphatic carbocycles. The minimum atomic E-state index is -0.297. The SMILES string of the molecule is OCC1=CC[N+]2(Cc3ccccc3)CC[C@H](O)[C@@H]12. The van der Waals surface area contributed by atoms with Crippen LogP contribution in [0.25, 0.3) is 0 Å². The van der Waals surface area contributed by atoms with Crippen LogP contribution in [0.2, 0.25) is 0 Å². The number of quaternary nitrogens is 1. The lowest BCUT2D eigenvalue weighted by molar-refractivity contribution is -0.938. The fourth-order valence-corrected chi connectivity index (χ4v) is 3.62. The summed E-state index contributed by atoms with van der Waals surface area (Å²) in [7, 11) is 0. The van der Waals surface area contributed by atoms with Gasteiger partial charge >= 0.3 is 0 Å². The van der Waals surface area contributed by atoms with E-state index in [2.05, 4.69) is 30.3 Å². The normalized spacial score (nSPS) is 34.4. The number of aliphatic hydroxyl groups is 2.